The highest BCUT2D eigenvalue weighted by Crippen LogP contribution is 2.35. The molecule has 0 unspecified atom stereocenters. The van der Waals surface area contributed by atoms with E-state index >= 15 is 0 Å². The lowest BCUT2D eigenvalue weighted by molar-refractivity contribution is -0.119. The van der Waals surface area contributed by atoms with Crippen molar-refractivity contribution in [1.29, 1.82) is 0 Å². The predicted octanol–water partition coefficient (Wildman–Crippen LogP) is 2.41. The minimum Gasteiger partial charge on any atom is -0.454 e. The Kier molecular flexibility index (Phi) is 5.16. The van der Waals surface area contributed by atoms with E-state index in [0.717, 1.165) is 43.2 Å². The van der Waals surface area contributed by atoms with Gasteiger partial charge in [0.1, 0.15) is 0 Å². The summed E-state index contributed by atoms with van der Waals surface area (Å²) in [6, 6.07) is 16.7. The van der Waals surface area contributed by atoms with Crippen molar-refractivity contribution in [2.45, 2.75) is 13.0 Å². The number of benzene rings is 2. The third-order valence-corrected chi connectivity index (χ3v) is 5.20. The van der Waals surface area contributed by atoms with Crippen molar-refractivity contribution < 1.29 is 14.3 Å². The molecule has 0 aromatic heterocycles. The maximum absolute atomic E-state index is 11.5. The standard InChI is InChI=1S/C21H25N3O3/c1-16(25)22-14-19(17-7-8-20-21(13-17)27-15-26-20)24-11-9-23(10-12-24)18-5-3-2-4-6-18/h2-8,13,19H,9-12,14-15H2,1H3,(H,22,25)/t19-/m1/s1. The van der Waals surface area contributed by atoms with Gasteiger partial charge in [0.05, 0.1) is 6.04 Å². The van der Waals surface area contributed by atoms with Crippen molar-refractivity contribution in [3.8, 4) is 11.5 Å². The minimum atomic E-state index is -0.0105. The van der Waals surface area contributed by atoms with Crippen molar-refractivity contribution in [2.75, 3.05) is 44.4 Å². The zero-order valence-corrected chi connectivity index (χ0v) is 15.6. The van der Waals surface area contributed by atoms with E-state index in [9.17, 15) is 4.79 Å². The number of ether oxygens (including phenoxy) is 2. The molecule has 0 spiro atoms. The van der Waals surface area contributed by atoms with Crippen molar-refractivity contribution in [3.05, 3.63) is 54.1 Å². The summed E-state index contributed by atoms with van der Waals surface area (Å²) in [5, 5.41) is 2.99. The second-order valence-corrected chi connectivity index (χ2v) is 6.92. The fourth-order valence-corrected chi connectivity index (χ4v) is 3.75. The lowest BCUT2D eigenvalue weighted by atomic mass is 10.0. The van der Waals surface area contributed by atoms with Gasteiger partial charge in [-0.3, -0.25) is 9.69 Å². The summed E-state index contributed by atoms with van der Waals surface area (Å²) in [4.78, 5) is 16.3. The van der Waals surface area contributed by atoms with Crippen LogP contribution in [0.1, 0.15) is 18.5 Å². The molecule has 4 rings (SSSR count). The molecule has 1 atom stereocenters. The second kappa shape index (κ2) is 7.88. The first-order valence-corrected chi connectivity index (χ1v) is 9.39. The van der Waals surface area contributed by atoms with Gasteiger partial charge in [-0.05, 0) is 29.8 Å². The molecule has 6 heteroatoms. The molecule has 2 aromatic carbocycles. The minimum absolute atomic E-state index is 0.0105. The van der Waals surface area contributed by atoms with Crippen LogP contribution in [0.2, 0.25) is 0 Å². The monoisotopic (exact) mass is 367 g/mol. The second-order valence-electron chi connectivity index (χ2n) is 6.92. The largest absolute Gasteiger partial charge is 0.454 e. The number of nitrogens with one attached hydrogen (secondary N) is 1. The van der Waals surface area contributed by atoms with E-state index < -0.39 is 0 Å². The lowest BCUT2D eigenvalue weighted by Gasteiger charge is -2.40. The van der Waals surface area contributed by atoms with Crippen molar-refractivity contribution >= 4 is 11.6 Å². The number of nitrogens with zero attached hydrogens (tertiary/aromatic N) is 2. The van der Waals surface area contributed by atoms with Crippen LogP contribution < -0.4 is 19.7 Å². The number of para-hydroxylation sites is 1. The molecule has 0 radical (unpaired) electrons. The maximum Gasteiger partial charge on any atom is 0.231 e. The smallest absolute Gasteiger partial charge is 0.231 e. The molecule has 0 aliphatic carbocycles. The van der Waals surface area contributed by atoms with Gasteiger partial charge in [-0.1, -0.05) is 24.3 Å². The highest BCUT2D eigenvalue weighted by Gasteiger charge is 2.27. The first-order chi connectivity index (χ1) is 13.2. The molecule has 1 amide bonds. The fourth-order valence-electron chi connectivity index (χ4n) is 3.75. The lowest BCUT2D eigenvalue weighted by Crippen LogP contribution is -2.49. The Morgan fingerprint density at radius 1 is 1.04 bits per heavy atom. The molecule has 2 heterocycles. The van der Waals surface area contributed by atoms with Crippen molar-refractivity contribution in [3.63, 3.8) is 0 Å². The summed E-state index contributed by atoms with van der Waals surface area (Å²) >= 11 is 0. The molecule has 142 valence electrons. The molecule has 1 saturated heterocycles. The van der Waals surface area contributed by atoms with Gasteiger partial charge in [-0.15, -0.1) is 0 Å². The number of carbonyl (C=O) groups is 1. The zero-order valence-electron chi connectivity index (χ0n) is 15.6. The van der Waals surface area contributed by atoms with Gasteiger partial charge in [0.15, 0.2) is 11.5 Å². The van der Waals surface area contributed by atoms with E-state index in [-0.39, 0.29) is 18.7 Å². The quantitative estimate of drug-likeness (QED) is 0.880. The van der Waals surface area contributed by atoms with Crippen molar-refractivity contribution in [2.24, 2.45) is 0 Å². The maximum atomic E-state index is 11.5. The average molecular weight is 367 g/mol. The third kappa shape index (κ3) is 4.01. The summed E-state index contributed by atoms with van der Waals surface area (Å²) in [5.74, 6) is 1.55. The first kappa shape index (κ1) is 17.7. The van der Waals surface area contributed by atoms with Gasteiger partial charge in [0.25, 0.3) is 0 Å². The number of hydrogen-bond acceptors (Lipinski definition) is 5. The van der Waals surface area contributed by atoms with Crippen LogP contribution in [0.5, 0.6) is 11.5 Å². The molecule has 1 fully saturated rings. The van der Waals surface area contributed by atoms with Crippen LogP contribution in [0.25, 0.3) is 0 Å². The zero-order chi connectivity index (χ0) is 18.6. The highest BCUT2D eigenvalue weighted by molar-refractivity contribution is 5.72. The highest BCUT2D eigenvalue weighted by atomic mass is 16.7. The Morgan fingerprint density at radius 2 is 1.78 bits per heavy atom. The Morgan fingerprint density at radius 3 is 2.52 bits per heavy atom. The van der Waals surface area contributed by atoms with Gasteiger partial charge < -0.3 is 19.7 Å². The summed E-state index contributed by atoms with van der Waals surface area (Å²) in [5.41, 5.74) is 2.40. The van der Waals surface area contributed by atoms with Gasteiger partial charge in [0.2, 0.25) is 12.7 Å². The van der Waals surface area contributed by atoms with Crippen LogP contribution in [-0.2, 0) is 4.79 Å². The summed E-state index contributed by atoms with van der Waals surface area (Å²) in [6.45, 7) is 6.21. The van der Waals surface area contributed by atoms with Gasteiger partial charge in [0, 0.05) is 45.3 Å². The number of piperazine rings is 1. The summed E-state index contributed by atoms with van der Waals surface area (Å²) in [6.07, 6.45) is 0. The molecule has 6 nitrogen and oxygen atoms in total. The van der Waals surface area contributed by atoms with E-state index in [0.29, 0.717) is 6.54 Å². The summed E-state index contributed by atoms with van der Waals surface area (Å²) < 4.78 is 11.0. The Balaban J connectivity index is 1.49. The van der Waals surface area contributed by atoms with Crippen LogP contribution >= 0.6 is 0 Å². The van der Waals surface area contributed by atoms with Gasteiger partial charge in [-0.25, -0.2) is 0 Å². The number of amides is 1. The normalized spacial score (nSPS) is 17.6. The first-order valence-electron chi connectivity index (χ1n) is 9.39. The number of anilines is 1. The SMILES string of the molecule is CC(=O)NC[C@H](c1ccc2c(c1)OCO2)N1CCN(c2ccccc2)CC1. The van der Waals surface area contributed by atoms with Crippen LogP contribution in [-0.4, -0.2) is 50.3 Å². The Hall–Kier alpha value is -2.73. The fraction of sp³-hybridized carbons (Fsp3) is 0.381. The van der Waals surface area contributed by atoms with E-state index in [2.05, 4.69) is 45.4 Å². The molecule has 27 heavy (non-hydrogen) atoms. The molecule has 0 bridgehead atoms. The topological polar surface area (TPSA) is 54.0 Å². The van der Waals surface area contributed by atoms with Crippen molar-refractivity contribution in [1.82, 2.24) is 10.2 Å². The molecular weight excluding hydrogens is 342 g/mol. The third-order valence-electron chi connectivity index (χ3n) is 5.20. The predicted molar refractivity (Wildman–Crippen MR) is 104 cm³/mol. The van der Waals surface area contributed by atoms with Crippen LogP contribution in [0.15, 0.2) is 48.5 Å². The van der Waals surface area contributed by atoms with E-state index in [1.54, 1.807) is 6.92 Å². The van der Waals surface area contributed by atoms with E-state index in [1.165, 1.54) is 5.69 Å². The molecule has 2 aromatic rings. The molecular formula is C21H25N3O3. The molecule has 1 N–H and O–H groups in total. The van der Waals surface area contributed by atoms with E-state index in [1.807, 2.05) is 18.2 Å². The van der Waals surface area contributed by atoms with Gasteiger partial charge in [-0.2, -0.15) is 0 Å². The Bertz CT molecular complexity index is 789. The number of rotatable bonds is 5. The number of hydrogen-bond donors (Lipinski definition) is 1. The molecule has 2 aliphatic rings. The van der Waals surface area contributed by atoms with Gasteiger partial charge >= 0.3 is 0 Å². The molecule has 2 aliphatic heterocycles. The van der Waals surface area contributed by atoms with E-state index in [4.69, 9.17) is 9.47 Å². The molecule has 0 saturated carbocycles. The summed E-state index contributed by atoms with van der Waals surface area (Å²) in [7, 11) is 0. The van der Waals surface area contributed by atoms with Crippen LogP contribution in [0.3, 0.4) is 0 Å². The Labute approximate surface area is 159 Å². The van der Waals surface area contributed by atoms with Crippen LogP contribution in [0.4, 0.5) is 5.69 Å². The van der Waals surface area contributed by atoms with Crippen LogP contribution in [0, 0.1) is 0 Å². The number of carbonyl (C=O) groups excluding carboxylic acids is 1. The number of fused-ring (bicyclic) bond motifs is 1. The average Bonchev–Trinajstić information content (AvgIpc) is 3.17.